The van der Waals surface area contributed by atoms with Gasteiger partial charge in [0.05, 0.1) is 6.54 Å². The molecule has 2 aliphatic rings. The number of carbonyl (C=O) groups is 2. The molecule has 2 amide bonds. The lowest BCUT2D eigenvalue weighted by molar-refractivity contribution is -0.147. The first-order chi connectivity index (χ1) is 12.5. The fourth-order valence-corrected chi connectivity index (χ4v) is 3.70. The van der Waals surface area contributed by atoms with E-state index in [2.05, 4.69) is 5.32 Å². The van der Waals surface area contributed by atoms with E-state index in [1.54, 1.807) is 11.0 Å². The molecule has 1 atom stereocenters. The second-order valence-corrected chi connectivity index (χ2v) is 6.71. The average molecular weight is 369 g/mol. The van der Waals surface area contributed by atoms with Crippen LogP contribution in [0.15, 0.2) is 24.3 Å². The number of nitrogens with one attached hydrogen (secondary N) is 1. The summed E-state index contributed by atoms with van der Waals surface area (Å²) in [6.07, 6.45) is -1.46. The minimum atomic E-state index is -2.39. The third-order valence-electron chi connectivity index (χ3n) is 5.03. The van der Waals surface area contributed by atoms with E-state index in [-0.39, 0.29) is 23.9 Å². The van der Waals surface area contributed by atoms with Crippen molar-refractivity contribution < 1.29 is 22.8 Å². The summed E-state index contributed by atoms with van der Waals surface area (Å²) in [5.41, 5.74) is 0.174. The van der Waals surface area contributed by atoms with Gasteiger partial charge in [0.15, 0.2) is 0 Å². The maximum Gasteiger partial charge on any atom is 0.251 e. The molecule has 3 rings (SSSR count). The average Bonchev–Trinajstić information content (AvgIpc) is 2.62. The maximum absolute atomic E-state index is 14.2. The van der Waals surface area contributed by atoms with Crippen molar-refractivity contribution in [3.63, 3.8) is 0 Å². The quantitative estimate of drug-likeness (QED) is 0.881. The lowest BCUT2D eigenvalue weighted by atomic mass is 9.92. The largest absolute Gasteiger partial charge is 0.352 e. The number of alkyl halides is 2. The minimum Gasteiger partial charge on any atom is -0.352 e. The van der Waals surface area contributed by atoms with Gasteiger partial charge in [0.1, 0.15) is 11.9 Å². The SMILES string of the molecule is O=C1NCCN(C(=O)C2CCN(CC(F)F)CC2)C1c1ccccc1F. The lowest BCUT2D eigenvalue weighted by Gasteiger charge is -2.39. The summed E-state index contributed by atoms with van der Waals surface area (Å²) in [4.78, 5) is 28.4. The van der Waals surface area contributed by atoms with Gasteiger partial charge in [0.2, 0.25) is 11.8 Å². The fourth-order valence-electron chi connectivity index (χ4n) is 3.70. The van der Waals surface area contributed by atoms with Crippen LogP contribution in [-0.2, 0) is 9.59 Å². The van der Waals surface area contributed by atoms with Gasteiger partial charge in [-0.05, 0) is 32.0 Å². The molecule has 2 saturated heterocycles. The second-order valence-electron chi connectivity index (χ2n) is 6.71. The number of likely N-dealkylation sites (tertiary alicyclic amines) is 1. The van der Waals surface area contributed by atoms with Crippen LogP contribution < -0.4 is 5.32 Å². The lowest BCUT2D eigenvalue weighted by Crippen LogP contribution is -2.54. The van der Waals surface area contributed by atoms with Crippen molar-refractivity contribution in [3.8, 4) is 0 Å². The van der Waals surface area contributed by atoms with E-state index in [0.29, 0.717) is 39.0 Å². The summed E-state index contributed by atoms with van der Waals surface area (Å²) in [7, 11) is 0. The summed E-state index contributed by atoms with van der Waals surface area (Å²) in [5, 5.41) is 2.68. The van der Waals surface area contributed by atoms with Crippen molar-refractivity contribution in [2.45, 2.75) is 25.3 Å². The molecule has 0 radical (unpaired) electrons. The van der Waals surface area contributed by atoms with Crippen LogP contribution in [0.3, 0.4) is 0 Å². The minimum absolute atomic E-state index is 0.174. The van der Waals surface area contributed by atoms with Crippen molar-refractivity contribution >= 4 is 11.8 Å². The molecule has 5 nitrogen and oxygen atoms in total. The molecule has 0 aromatic heterocycles. The van der Waals surface area contributed by atoms with E-state index >= 15 is 0 Å². The third-order valence-corrected chi connectivity index (χ3v) is 5.03. The summed E-state index contributed by atoms with van der Waals surface area (Å²) in [5.74, 6) is -1.46. The van der Waals surface area contributed by atoms with Gasteiger partial charge < -0.3 is 10.2 Å². The number of hydrogen-bond acceptors (Lipinski definition) is 3. The first kappa shape index (κ1) is 18.7. The van der Waals surface area contributed by atoms with Gasteiger partial charge in [-0.25, -0.2) is 13.2 Å². The van der Waals surface area contributed by atoms with Crippen LogP contribution in [0, 0.1) is 11.7 Å². The molecule has 0 bridgehead atoms. The highest BCUT2D eigenvalue weighted by atomic mass is 19.3. The molecule has 2 fully saturated rings. The molecule has 1 unspecified atom stereocenters. The molecule has 0 spiro atoms. The number of carbonyl (C=O) groups excluding carboxylic acids is 2. The molecule has 2 aliphatic heterocycles. The number of piperazine rings is 1. The number of halogens is 3. The van der Waals surface area contributed by atoms with Crippen molar-refractivity contribution in [1.82, 2.24) is 15.1 Å². The Morgan fingerprint density at radius 1 is 1.19 bits per heavy atom. The Bertz CT molecular complexity index is 663. The molecule has 2 heterocycles. The molecule has 1 aromatic rings. The predicted octanol–water partition coefficient (Wildman–Crippen LogP) is 1.80. The molecule has 8 heteroatoms. The molecule has 0 saturated carbocycles. The standard InChI is InChI=1S/C18H22F3N3O2/c19-14-4-2-1-3-13(14)16-17(25)22-7-10-24(16)18(26)12-5-8-23(9-6-12)11-15(20)21/h1-4,12,15-16H,5-11H2,(H,22,25). The van der Waals surface area contributed by atoms with Gasteiger partial charge in [-0.3, -0.25) is 14.5 Å². The van der Waals surface area contributed by atoms with Gasteiger partial charge in [-0.15, -0.1) is 0 Å². The van der Waals surface area contributed by atoms with Gasteiger partial charge in [0.25, 0.3) is 6.43 Å². The first-order valence-corrected chi connectivity index (χ1v) is 8.80. The zero-order valence-electron chi connectivity index (χ0n) is 14.3. The number of nitrogens with zero attached hydrogens (tertiary/aromatic N) is 2. The summed E-state index contributed by atoms with van der Waals surface area (Å²) in [6.45, 7) is 1.18. The third kappa shape index (κ3) is 4.00. The number of piperidine rings is 1. The second kappa shape index (κ2) is 8.07. The van der Waals surface area contributed by atoms with Crippen LogP contribution in [0.2, 0.25) is 0 Å². The van der Waals surface area contributed by atoms with Crippen LogP contribution in [0.4, 0.5) is 13.2 Å². The van der Waals surface area contributed by atoms with Crippen LogP contribution in [0.25, 0.3) is 0 Å². The Morgan fingerprint density at radius 2 is 1.88 bits per heavy atom. The number of hydrogen-bond donors (Lipinski definition) is 1. The van der Waals surface area contributed by atoms with E-state index in [4.69, 9.17) is 0 Å². The molecule has 142 valence electrons. The topological polar surface area (TPSA) is 52.7 Å². The summed E-state index contributed by atoms with van der Waals surface area (Å²) >= 11 is 0. The Hall–Kier alpha value is -2.09. The summed E-state index contributed by atoms with van der Waals surface area (Å²) < 4.78 is 39.2. The molecular formula is C18H22F3N3O2. The predicted molar refractivity (Wildman–Crippen MR) is 89.0 cm³/mol. The van der Waals surface area contributed by atoms with E-state index in [0.717, 1.165) is 0 Å². The van der Waals surface area contributed by atoms with E-state index in [9.17, 15) is 22.8 Å². The zero-order chi connectivity index (χ0) is 18.7. The van der Waals surface area contributed by atoms with Crippen LogP contribution in [-0.4, -0.2) is 60.8 Å². The Labute approximate surface area is 150 Å². The highest BCUT2D eigenvalue weighted by Gasteiger charge is 2.39. The smallest absolute Gasteiger partial charge is 0.251 e. The van der Waals surface area contributed by atoms with Gasteiger partial charge in [-0.2, -0.15) is 0 Å². The molecule has 26 heavy (non-hydrogen) atoms. The van der Waals surface area contributed by atoms with Crippen molar-refractivity contribution in [3.05, 3.63) is 35.6 Å². The number of benzene rings is 1. The van der Waals surface area contributed by atoms with Crippen molar-refractivity contribution in [2.24, 2.45) is 5.92 Å². The maximum atomic E-state index is 14.2. The molecule has 1 aromatic carbocycles. The number of rotatable bonds is 4. The highest BCUT2D eigenvalue weighted by molar-refractivity contribution is 5.90. The molecular weight excluding hydrogens is 347 g/mol. The van der Waals surface area contributed by atoms with Crippen molar-refractivity contribution in [1.29, 1.82) is 0 Å². The Balaban J connectivity index is 1.73. The fraction of sp³-hybridized carbons (Fsp3) is 0.556. The van der Waals surface area contributed by atoms with Crippen molar-refractivity contribution in [2.75, 3.05) is 32.7 Å². The van der Waals surface area contributed by atoms with Gasteiger partial charge >= 0.3 is 0 Å². The van der Waals surface area contributed by atoms with Crippen LogP contribution >= 0.6 is 0 Å². The Morgan fingerprint density at radius 3 is 2.54 bits per heavy atom. The summed E-state index contributed by atoms with van der Waals surface area (Å²) in [6, 6.07) is 4.95. The molecule has 1 N–H and O–H groups in total. The zero-order valence-corrected chi connectivity index (χ0v) is 14.3. The van der Waals surface area contributed by atoms with E-state index in [1.165, 1.54) is 23.1 Å². The molecule has 0 aliphatic carbocycles. The highest BCUT2D eigenvalue weighted by Crippen LogP contribution is 2.29. The van der Waals surface area contributed by atoms with Crippen LogP contribution in [0.1, 0.15) is 24.4 Å². The van der Waals surface area contributed by atoms with Gasteiger partial charge in [0, 0.05) is 24.6 Å². The first-order valence-electron chi connectivity index (χ1n) is 8.80. The Kier molecular flexibility index (Phi) is 5.80. The number of amides is 2. The van der Waals surface area contributed by atoms with Crippen LogP contribution in [0.5, 0.6) is 0 Å². The van der Waals surface area contributed by atoms with E-state index in [1.807, 2.05) is 0 Å². The normalized spacial score (nSPS) is 22.5. The monoisotopic (exact) mass is 369 g/mol. The van der Waals surface area contributed by atoms with E-state index < -0.39 is 24.2 Å². The van der Waals surface area contributed by atoms with Gasteiger partial charge in [-0.1, -0.05) is 18.2 Å².